The fourth-order valence-corrected chi connectivity index (χ4v) is 2.43. The van der Waals surface area contributed by atoms with Crippen molar-refractivity contribution in [3.63, 3.8) is 0 Å². The summed E-state index contributed by atoms with van der Waals surface area (Å²) < 4.78 is 5.70. The van der Waals surface area contributed by atoms with Gasteiger partial charge in [-0.2, -0.15) is 0 Å². The van der Waals surface area contributed by atoms with Gasteiger partial charge in [-0.3, -0.25) is 9.59 Å². The standard InChI is InChI=1S/C17H23NO3/c1-11(16(20)18-17(2,3)4)21-13-8-9-14-12(10-13)6-5-7-15(14)19/h8-11H,5-7H2,1-4H3,(H,18,20)/t11-/m0/s1. The molecule has 4 nitrogen and oxygen atoms in total. The van der Waals surface area contributed by atoms with Gasteiger partial charge in [0.2, 0.25) is 0 Å². The van der Waals surface area contributed by atoms with Crippen LogP contribution in [-0.4, -0.2) is 23.3 Å². The van der Waals surface area contributed by atoms with E-state index in [4.69, 9.17) is 4.74 Å². The highest BCUT2D eigenvalue weighted by Crippen LogP contribution is 2.26. The molecule has 0 unspecified atom stereocenters. The Balaban J connectivity index is 2.06. The minimum absolute atomic E-state index is 0.142. The predicted molar refractivity (Wildman–Crippen MR) is 81.7 cm³/mol. The molecule has 0 spiro atoms. The van der Waals surface area contributed by atoms with Crippen molar-refractivity contribution >= 4 is 11.7 Å². The van der Waals surface area contributed by atoms with Crippen molar-refractivity contribution in [2.24, 2.45) is 0 Å². The number of fused-ring (bicyclic) bond motifs is 1. The van der Waals surface area contributed by atoms with Gasteiger partial charge in [-0.1, -0.05) is 0 Å². The van der Waals surface area contributed by atoms with Crippen LogP contribution in [0.1, 0.15) is 56.5 Å². The monoisotopic (exact) mass is 289 g/mol. The van der Waals surface area contributed by atoms with E-state index in [1.54, 1.807) is 19.1 Å². The summed E-state index contributed by atoms with van der Waals surface area (Å²) in [6.45, 7) is 7.53. The van der Waals surface area contributed by atoms with Gasteiger partial charge in [0.15, 0.2) is 11.9 Å². The Kier molecular flexibility index (Phi) is 4.35. The molecule has 1 N–H and O–H groups in total. The van der Waals surface area contributed by atoms with Crippen LogP contribution in [0.4, 0.5) is 0 Å². The van der Waals surface area contributed by atoms with E-state index < -0.39 is 6.10 Å². The second-order valence-corrected chi connectivity index (χ2v) is 6.60. The lowest BCUT2D eigenvalue weighted by Gasteiger charge is -2.24. The summed E-state index contributed by atoms with van der Waals surface area (Å²) in [6.07, 6.45) is 1.83. The topological polar surface area (TPSA) is 55.4 Å². The molecular formula is C17H23NO3. The fourth-order valence-electron chi connectivity index (χ4n) is 2.43. The summed E-state index contributed by atoms with van der Waals surface area (Å²) in [6, 6.07) is 5.46. The first-order valence-electron chi connectivity index (χ1n) is 7.41. The van der Waals surface area contributed by atoms with Gasteiger partial charge in [0.25, 0.3) is 5.91 Å². The van der Waals surface area contributed by atoms with E-state index in [0.717, 1.165) is 24.0 Å². The number of amides is 1. The largest absolute Gasteiger partial charge is 0.481 e. The van der Waals surface area contributed by atoms with E-state index in [-0.39, 0.29) is 17.2 Å². The summed E-state index contributed by atoms with van der Waals surface area (Å²) in [7, 11) is 0. The van der Waals surface area contributed by atoms with Crippen LogP contribution in [0.25, 0.3) is 0 Å². The third kappa shape index (κ3) is 4.06. The Bertz CT molecular complexity index is 558. The van der Waals surface area contributed by atoms with E-state index in [9.17, 15) is 9.59 Å². The summed E-state index contributed by atoms with van der Waals surface area (Å²) >= 11 is 0. The SMILES string of the molecule is C[C@H](Oc1ccc2c(c1)CCCC2=O)C(=O)NC(C)(C)C. The van der Waals surface area contributed by atoms with Gasteiger partial charge < -0.3 is 10.1 Å². The Morgan fingerprint density at radius 3 is 2.67 bits per heavy atom. The Labute approximate surface area is 125 Å². The average Bonchev–Trinajstić information content (AvgIpc) is 2.36. The van der Waals surface area contributed by atoms with Crippen molar-refractivity contribution in [2.75, 3.05) is 0 Å². The molecule has 1 aromatic rings. The molecule has 0 saturated carbocycles. The van der Waals surface area contributed by atoms with Crippen molar-refractivity contribution in [2.45, 2.75) is 58.6 Å². The first-order chi connectivity index (χ1) is 9.76. The van der Waals surface area contributed by atoms with Crippen LogP contribution in [0, 0.1) is 0 Å². The zero-order valence-electron chi connectivity index (χ0n) is 13.2. The van der Waals surface area contributed by atoms with Crippen LogP contribution >= 0.6 is 0 Å². The number of ether oxygens (including phenoxy) is 1. The minimum atomic E-state index is -0.568. The van der Waals surface area contributed by atoms with Crippen molar-refractivity contribution in [3.8, 4) is 5.75 Å². The molecule has 0 radical (unpaired) electrons. The Morgan fingerprint density at radius 1 is 1.29 bits per heavy atom. The van der Waals surface area contributed by atoms with Crippen molar-refractivity contribution in [3.05, 3.63) is 29.3 Å². The minimum Gasteiger partial charge on any atom is -0.481 e. The normalized spacial score (nSPS) is 16.1. The van der Waals surface area contributed by atoms with Gasteiger partial charge in [0.05, 0.1) is 0 Å². The van der Waals surface area contributed by atoms with Crippen LogP contribution in [0.2, 0.25) is 0 Å². The maximum Gasteiger partial charge on any atom is 0.261 e. The third-order valence-electron chi connectivity index (χ3n) is 3.41. The summed E-state index contributed by atoms with van der Waals surface area (Å²) in [5.41, 5.74) is 1.53. The number of rotatable bonds is 3. The molecular weight excluding hydrogens is 266 g/mol. The maximum absolute atomic E-state index is 12.0. The number of ketones is 1. The molecule has 21 heavy (non-hydrogen) atoms. The molecule has 1 amide bonds. The maximum atomic E-state index is 12.0. The molecule has 2 rings (SSSR count). The van der Waals surface area contributed by atoms with Gasteiger partial charge in [-0.25, -0.2) is 0 Å². The highest BCUT2D eigenvalue weighted by molar-refractivity contribution is 5.98. The molecule has 0 fully saturated rings. The van der Waals surface area contributed by atoms with Gasteiger partial charge in [-0.15, -0.1) is 0 Å². The molecule has 114 valence electrons. The van der Waals surface area contributed by atoms with Gasteiger partial charge in [0, 0.05) is 17.5 Å². The zero-order valence-corrected chi connectivity index (χ0v) is 13.2. The predicted octanol–water partition coefficient (Wildman–Crippen LogP) is 2.89. The second kappa shape index (κ2) is 5.88. The molecule has 0 bridgehead atoms. The van der Waals surface area contributed by atoms with E-state index in [0.29, 0.717) is 12.2 Å². The fraction of sp³-hybridized carbons (Fsp3) is 0.529. The Morgan fingerprint density at radius 2 is 2.00 bits per heavy atom. The zero-order chi connectivity index (χ0) is 15.6. The van der Waals surface area contributed by atoms with Crippen molar-refractivity contribution in [1.29, 1.82) is 0 Å². The van der Waals surface area contributed by atoms with Crippen LogP contribution in [-0.2, 0) is 11.2 Å². The number of benzene rings is 1. The first kappa shape index (κ1) is 15.5. The summed E-state index contributed by atoms with van der Waals surface area (Å²) in [4.78, 5) is 23.8. The van der Waals surface area contributed by atoms with Crippen LogP contribution < -0.4 is 10.1 Å². The van der Waals surface area contributed by atoms with E-state index in [1.807, 2.05) is 26.8 Å². The van der Waals surface area contributed by atoms with Gasteiger partial charge in [-0.05, 0) is 64.3 Å². The molecule has 0 aromatic heterocycles. The number of hydrogen-bond donors (Lipinski definition) is 1. The van der Waals surface area contributed by atoms with Gasteiger partial charge in [0.1, 0.15) is 5.75 Å². The molecule has 4 heteroatoms. The molecule has 1 atom stereocenters. The van der Waals surface area contributed by atoms with E-state index in [1.165, 1.54) is 0 Å². The second-order valence-electron chi connectivity index (χ2n) is 6.60. The molecule has 1 aliphatic rings. The average molecular weight is 289 g/mol. The highest BCUT2D eigenvalue weighted by Gasteiger charge is 2.22. The van der Waals surface area contributed by atoms with Crippen molar-refractivity contribution in [1.82, 2.24) is 5.32 Å². The van der Waals surface area contributed by atoms with Crippen molar-refractivity contribution < 1.29 is 14.3 Å². The van der Waals surface area contributed by atoms with E-state index >= 15 is 0 Å². The lowest BCUT2D eigenvalue weighted by molar-refractivity contribution is -0.128. The Hall–Kier alpha value is -1.84. The third-order valence-corrected chi connectivity index (χ3v) is 3.41. The highest BCUT2D eigenvalue weighted by atomic mass is 16.5. The van der Waals surface area contributed by atoms with E-state index in [2.05, 4.69) is 5.32 Å². The van der Waals surface area contributed by atoms with Gasteiger partial charge >= 0.3 is 0 Å². The number of aryl methyl sites for hydroxylation is 1. The lowest BCUT2D eigenvalue weighted by atomic mass is 9.90. The first-order valence-corrected chi connectivity index (χ1v) is 7.41. The number of carbonyl (C=O) groups excluding carboxylic acids is 2. The van der Waals surface area contributed by atoms with Crippen LogP contribution in [0.15, 0.2) is 18.2 Å². The lowest BCUT2D eigenvalue weighted by Crippen LogP contribution is -2.46. The molecule has 0 saturated heterocycles. The number of hydrogen-bond acceptors (Lipinski definition) is 3. The van der Waals surface area contributed by atoms with Crippen LogP contribution in [0.5, 0.6) is 5.75 Å². The summed E-state index contributed by atoms with van der Waals surface area (Å²) in [5, 5.41) is 2.89. The number of carbonyl (C=O) groups is 2. The molecule has 0 heterocycles. The number of Topliss-reactive ketones (excluding diaryl/α,β-unsaturated/α-hetero) is 1. The molecule has 1 aliphatic carbocycles. The summed E-state index contributed by atoms with van der Waals surface area (Å²) in [5.74, 6) is 0.692. The molecule has 1 aromatic carbocycles. The number of nitrogens with one attached hydrogen (secondary N) is 1. The van der Waals surface area contributed by atoms with Crippen LogP contribution in [0.3, 0.4) is 0 Å². The smallest absolute Gasteiger partial charge is 0.261 e. The quantitative estimate of drug-likeness (QED) is 0.931. The molecule has 0 aliphatic heterocycles.